The molecule has 0 spiro atoms. The predicted molar refractivity (Wildman–Crippen MR) is 160 cm³/mol. The van der Waals surface area contributed by atoms with Crippen molar-refractivity contribution in [2.24, 2.45) is 5.92 Å². The lowest BCUT2D eigenvalue weighted by atomic mass is 9.89. The van der Waals surface area contributed by atoms with Crippen molar-refractivity contribution in [2.45, 2.75) is 49.3 Å². The van der Waals surface area contributed by atoms with Crippen LogP contribution < -0.4 is 14.4 Å². The van der Waals surface area contributed by atoms with Crippen LogP contribution in [0.4, 0.5) is 5.69 Å². The number of amides is 1. The molecular weight excluding hydrogens is 520 g/mol. The number of fused-ring (bicyclic) bond motifs is 1. The van der Waals surface area contributed by atoms with Gasteiger partial charge in [-0.3, -0.25) is 14.5 Å². The summed E-state index contributed by atoms with van der Waals surface area (Å²) < 4.78 is 11.9. The number of piperidine rings is 1. The number of carbonyl (C=O) groups excluding carboxylic acids is 2. The standard InChI is InChI=1S/C33H38N2O4S/c1-3-31(36)35-28-13-7-8-14-30(28)40-33(35)27-23-26(38-2)15-16-29(27)39-22-10-9-19-34-20-17-25(18-21-34)32(37)24-11-5-4-6-12-24/h4-8,11-16,23,25,33H,3,9-10,17-22H2,1-2H3. The number of para-hydroxylation sites is 1. The Bertz CT molecular complexity index is 1310. The van der Waals surface area contributed by atoms with E-state index in [-0.39, 0.29) is 23.0 Å². The fraction of sp³-hybridized carbons (Fsp3) is 0.394. The Labute approximate surface area is 241 Å². The van der Waals surface area contributed by atoms with E-state index >= 15 is 0 Å². The number of Topliss-reactive ketones (excluding diaryl/α,β-unsaturated/α-hetero) is 1. The Kier molecular flexibility index (Phi) is 9.45. The van der Waals surface area contributed by atoms with Crippen LogP contribution in [0, 0.1) is 5.92 Å². The quantitative estimate of drug-likeness (QED) is 0.187. The van der Waals surface area contributed by atoms with Gasteiger partial charge in [0, 0.05) is 28.4 Å². The van der Waals surface area contributed by atoms with Gasteiger partial charge in [-0.25, -0.2) is 0 Å². The van der Waals surface area contributed by atoms with E-state index in [1.54, 1.807) is 18.9 Å². The van der Waals surface area contributed by atoms with E-state index < -0.39 is 0 Å². The smallest absolute Gasteiger partial charge is 0.227 e. The Morgan fingerprint density at radius 1 is 0.950 bits per heavy atom. The molecule has 40 heavy (non-hydrogen) atoms. The highest BCUT2D eigenvalue weighted by molar-refractivity contribution is 8.00. The Hall–Kier alpha value is -3.29. The van der Waals surface area contributed by atoms with Crippen molar-refractivity contribution < 1.29 is 19.1 Å². The van der Waals surface area contributed by atoms with Gasteiger partial charge in [0.1, 0.15) is 16.9 Å². The van der Waals surface area contributed by atoms with Crippen LogP contribution in [0.2, 0.25) is 0 Å². The van der Waals surface area contributed by atoms with Gasteiger partial charge >= 0.3 is 0 Å². The molecule has 0 bridgehead atoms. The van der Waals surface area contributed by atoms with Crippen molar-refractivity contribution in [3.8, 4) is 11.5 Å². The van der Waals surface area contributed by atoms with Gasteiger partial charge in [-0.2, -0.15) is 0 Å². The molecule has 2 heterocycles. The Morgan fingerprint density at radius 3 is 2.45 bits per heavy atom. The number of ketones is 1. The molecule has 6 nitrogen and oxygen atoms in total. The maximum absolute atomic E-state index is 13.0. The Balaban J connectivity index is 1.15. The minimum atomic E-state index is -0.199. The molecule has 1 saturated heterocycles. The second kappa shape index (κ2) is 13.4. The normalized spacial score (nSPS) is 17.4. The highest BCUT2D eigenvalue weighted by atomic mass is 32.2. The molecule has 0 aromatic heterocycles. The number of likely N-dealkylation sites (tertiary alicyclic amines) is 1. The van der Waals surface area contributed by atoms with Crippen LogP contribution in [0.5, 0.6) is 11.5 Å². The molecule has 1 amide bonds. The number of ether oxygens (including phenoxy) is 2. The van der Waals surface area contributed by atoms with E-state index in [0.29, 0.717) is 13.0 Å². The first-order valence-electron chi connectivity index (χ1n) is 14.3. The molecule has 1 fully saturated rings. The average Bonchev–Trinajstić information content (AvgIpc) is 3.40. The third-order valence-corrected chi connectivity index (χ3v) is 9.08. The first kappa shape index (κ1) is 28.2. The number of nitrogens with zero attached hydrogens (tertiary/aromatic N) is 2. The summed E-state index contributed by atoms with van der Waals surface area (Å²) in [5.41, 5.74) is 2.73. The van der Waals surface area contributed by atoms with E-state index in [0.717, 1.165) is 78.5 Å². The Morgan fingerprint density at radius 2 is 1.70 bits per heavy atom. The van der Waals surface area contributed by atoms with Crippen LogP contribution in [-0.4, -0.2) is 49.9 Å². The summed E-state index contributed by atoms with van der Waals surface area (Å²) in [7, 11) is 1.66. The molecule has 0 radical (unpaired) electrons. The number of hydrogen-bond donors (Lipinski definition) is 0. The first-order valence-corrected chi connectivity index (χ1v) is 15.2. The van der Waals surface area contributed by atoms with Crippen LogP contribution in [0.3, 0.4) is 0 Å². The molecule has 3 aromatic rings. The van der Waals surface area contributed by atoms with E-state index in [9.17, 15) is 9.59 Å². The monoisotopic (exact) mass is 558 g/mol. The van der Waals surface area contributed by atoms with Crippen molar-refractivity contribution in [1.82, 2.24) is 4.90 Å². The molecule has 2 aliphatic heterocycles. The molecular formula is C33H38N2O4S. The summed E-state index contributed by atoms with van der Waals surface area (Å²) >= 11 is 1.68. The summed E-state index contributed by atoms with van der Waals surface area (Å²) in [6, 6.07) is 23.6. The second-order valence-electron chi connectivity index (χ2n) is 10.4. The van der Waals surface area contributed by atoms with E-state index in [2.05, 4.69) is 11.0 Å². The summed E-state index contributed by atoms with van der Waals surface area (Å²) in [4.78, 5) is 31.3. The molecule has 7 heteroatoms. The summed E-state index contributed by atoms with van der Waals surface area (Å²) in [6.07, 6.45) is 4.25. The number of carbonyl (C=O) groups is 2. The number of methoxy groups -OCH3 is 1. The fourth-order valence-corrected chi connectivity index (χ4v) is 6.88. The van der Waals surface area contributed by atoms with Crippen LogP contribution in [0.15, 0.2) is 77.7 Å². The zero-order valence-electron chi connectivity index (χ0n) is 23.4. The van der Waals surface area contributed by atoms with E-state index in [1.165, 1.54) is 0 Å². The minimum absolute atomic E-state index is 0.0884. The van der Waals surface area contributed by atoms with Crippen molar-refractivity contribution >= 4 is 29.1 Å². The van der Waals surface area contributed by atoms with Crippen molar-refractivity contribution in [3.05, 3.63) is 83.9 Å². The highest BCUT2D eigenvalue weighted by Crippen LogP contribution is 2.53. The summed E-state index contributed by atoms with van der Waals surface area (Å²) in [5, 5.41) is -0.199. The topological polar surface area (TPSA) is 59.1 Å². The molecule has 0 aliphatic carbocycles. The van der Waals surface area contributed by atoms with Crippen molar-refractivity contribution in [1.29, 1.82) is 0 Å². The lowest BCUT2D eigenvalue weighted by Gasteiger charge is -2.31. The van der Waals surface area contributed by atoms with Gasteiger partial charge in [0.05, 0.1) is 19.4 Å². The number of benzene rings is 3. The maximum Gasteiger partial charge on any atom is 0.227 e. The van der Waals surface area contributed by atoms with Gasteiger partial charge in [-0.1, -0.05) is 61.2 Å². The van der Waals surface area contributed by atoms with Crippen LogP contribution in [0.1, 0.15) is 60.3 Å². The third-order valence-electron chi connectivity index (χ3n) is 7.79. The number of anilines is 1. The molecule has 5 rings (SSSR count). The third kappa shape index (κ3) is 6.37. The van der Waals surface area contributed by atoms with E-state index in [4.69, 9.17) is 9.47 Å². The first-order chi connectivity index (χ1) is 19.6. The van der Waals surface area contributed by atoms with Crippen LogP contribution in [0.25, 0.3) is 0 Å². The molecule has 0 saturated carbocycles. The average molecular weight is 559 g/mol. The van der Waals surface area contributed by atoms with Gasteiger partial charge in [0.2, 0.25) is 5.91 Å². The minimum Gasteiger partial charge on any atom is -0.497 e. The summed E-state index contributed by atoms with van der Waals surface area (Å²) in [5.74, 6) is 2.04. The summed E-state index contributed by atoms with van der Waals surface area (Å²) in [6.45, 7) is 5.45. The lowest BCUT2D eigenvalue weighted by molar-refractivity contribution is -0.118. The highest BCUT2D eigenvalue weighted by Gasteiger charge is 2.36. The van der Waals surface area contributed by atoms with Gasteiger partial charge < -0.3 is 14.4 Å². The zero-order chi connectivity index (χ0) is 27.9. The molecule has 3 aromatic carbocycles. The number of thioether (sulfide) groups is 1. The maximum atomic E-state index is 13.0. The zero-order valence-corrected chi connectivity index (χ0v) is 24.2. The van der Waals surface area contributed by atoms with Gasteiger partial charge in [0.15, 0.2) is 5.78 Å². The largest absolute Gasteiger partial charge is 0.497 e. The predicted octanol–water partition coefficient (Wildman–Crippen LogP) is 7.00. The molecule has 1 atom stereocenters. The fourth-order valence-electron chi connectivity index (χ4n) is 5.55. The number of unbranched alkanes of at least 4 members (excludes halogenated alkanes) is 1. The number of hydrogen-bond acceptors (Lipinski definition) is 6. The second-order valence-corrected chi connectivity index (χ2v) is 11.5. The molecule has 2 aliphatic rings. The lowest BCUT2D eigenvalue weighted by Crippen LogP contribution is -2.37. The van der Waals surface area contributed by atoms with Gasteiger partial charge in [-0.05, 0) is 75.6 Å². The van der Waals surface area contributed by atoms with Crippen molar-refractivity contribution in [2.75, 3.05) is 38.3 Å². The van der Waals surface area contributed by atoms with Crippen molar-refractivity contribution in [3.63, 3.8) is 0 Å². The van der Waals surface area contributed by atoms with Crippen LogP contribution >= 0.6 is 11.8 Å². The van der Waals surface area contributed by atoms with Gasteiger partial charge in [-0.15, -0.1) is 0 Å². The van der Waals surface area contributed by atoms with Crippen LogP contribution in [-0.2, 0) is 4.79 Å². The molecule has 0 N–H and O–H groups in total. The SMILES string of the molecule is CCC(=O)N1c2ccccc2SC1c1cc(OC)ccc1OCCCCN1CCC(C(=O)c2ccccc2)CC1. The van der Waals surface area contributed by atoms with E-state index in [1.807, 2.05) is 78.6 Å². The molecule has 210 valence electrons. The van der Waals surface area contributed by atoms with Gasteiger partial charge in [0.25, 0.3) is 0 Å². The number of rotatable bonds is 11. The molecule has 1 unspecified atom stereocenters.